The number of nitrogens with zero attached hydrogens (tertiary/aromatic N) is 4. The average Bonchev–Trinajstić information content (AvgIpc) is 3.90. The van der Waals surface area contributed by atoms with Gasteiger partial charge in [-0.25, -0.2) is 4.98 Å². The molecular weight excluding hydrogens is 665 g/mol. The first-order valence-corrected chi connectivity index (χ1v) is 18.8. The van der Waals surface area contributed by atoms with Crippen LogP contribution in [0.2, 0.25) is 0 Å². The summed E-state index contributed by atoms with van der Waals surface area (Å²) in [6.45, 7) is 0. The highest BCUT2D eigenvalue weighted by Crippen LogP contribution is 2.63. The summed E-state index contributed by atoms with van der Waals surface area (Å²) in [4.78, 5) is 15.5. The molecule has 0 atom stereocenters. The summed E-state index contributed by atoms with van der Waals surface area (Å²) in [5.74, 6) is 1.89. The monoisotopic (exact) mass is 692 g/mol. The zero-order valence-electron chi connectivity index (χ0n) is 28.4. The summed E-state index contributed by atoms with van der Waals surface area (Å²) in [6.07, 6.45) is 0. The maximum absolute atomic E-state index is 5.22. The standard InChI is InChI=1S/C48H28N4S/c1-3-15-29(16-4-1)45-49-46(30-17-5-2-6-18-30)51-47(50-45)52-40-26-14-10-22-34(40)43-41(52)27-35-33-21-9-13-25-38(33)48(39-28-53-44(43)42(35)39)36-23-11-7-19-31(36)32-20-8-12-24-37(32)48/h1-28H. The number of thiophene rings is 1. The molecule has 10 aromatic rings. The Hall–Kier alpha value is -6.69. The first kappa shape index (κ1) is 28.9. The lowest BCUT2D eigenvalue weighted by molar-refractivity contribution is 0.777. The molecule has 1 spiro atoms. The smallest absolute Gasteiger partial charge is 0.238 e. The lowest BCUT2D eigenvalue weighted by Crippen LogP contribution is -2.31. The van der Waals surface area contributed by atoms with Gasteiger partial charge in [-0.3, -0.25) is 4.57 Å². The largest absolute Gasteiger partial charge is 0.278 e. The third-order valence-electron chi connectivity index (χ3n) is 11.3. The molecule has 0 N–H and O–H groups in total. The molecule has 0 saturated carbocycles. The van der Waals surface area contributed by atoms with Crippen molar-refractivity contribution in [3.8, 4) is 51.0 Å². The van der Waals surface area contributed by atoms with Crippen molar-refractivity contribution in [2.45, 2.75) is 5.41 Å². The topological polar surface area (TPSA) is 43.6 Å². The summed E-state index contributed by atoms with van der Waals surface area (Å²) in [5.41, 5.74) is 14.2. The third kappa shape index (κ3) is 3.76. The van der Waals surface area contributed by atoms with Crippen LogP contribution in [0.5, 0.6) is 0 Å². The van der Waals surface area contributed by atoms with Gasteiger partial charge in [0.1, 0.15) is 0 Å². The molecule has 0 saturated heterocycles. The summed E-state index contributed by atoms with van der Waals surface area (Å²) in [6, 6.07) is 58.6. The number of hydrogen-bond acceptors (Lipinski definition) is 4. The molecule has 3 aromatic heterocycles. The number of benzene rings is 7. The molecule has 53 heavy (non-hydrogen) atoms. The predicted molar refractivity (Wildman–Crippen MR) is 217 cm³/mol. The van der Waals surface area contributed by atoms with E-state index in [9.17, 15) is 0 Å². The highest BCUT2D eigenvalue weighted by atomic mass is 32.1. The third-order valence-corrected chi connectivity index (χ3v) is 12.3. The maximum Gasteiger partial charge on any atom is 0.238 e. The Morgan fingerprint density at radius 2 is 0.943 bits per heavy atom. The molecule has 3 heterocycles. The van der Waals surface area contributed by atoms with Gasteiger partial charge in [0.25, 0.3) is 0 Å². The zero-order valence-corrected chi connectivity index (χ0v) is 29.2. The number of hydrogen-bond donors (Lipinski definition) is 0. The van der Waals surface area contributed by atoms with E-state index < -0.39 is 5.41 Å². The fraction of sp³-hybridized carbons (Fsp3) is 0.0208. The fourth-order valence-corrected chi connectivity index (χ4v) is 10.5. The molecule has 0 aliphatic heterocycles. The quantitative estimate of drug-likeness (QED) is 0.185. The van der Waals surface area contributed by atoms with E-state index in [1.165, 1.54) is 65.4 Å². The van der Waals surface area contributed by atoms with Gasteiger partial charge in [0, 0.05) is 32.0 Å². The Morgan fingerprint density at radius 3 is 1.55 bits per heavy atom. The van der Waals surface area contributed by atoms with Crippen LogP contribution in [0.4, 0.5) is 0 Å². The minimum Gasteiger partial charge on any atom is -0.278 e. The Balaban J connectivity index is 1.22. The Morgan fingerprint density at radius 1 is 0.434 bits per heavy atom. The van der Waals surface area contributed by atoms with Crippen LogP contribution < -0.4 is 0 Å². The molecule has 0 bridgehead atoms. The van der Waals surface area contributed by atoms with Crippen LogP contribution in [0.25, 0.3) is 82.9 Å². The highest BCUT2D eigenvalue weighted by Gasteiger charge is 2.50. The zero-order chi connectivity index (χ0) is 34.7. The molecule has 0 unspecified atom stereocenters. The summed E-state index contributed by atoms with van der Waals surface area (Å²) < 4.78 is 3.55. The van der Waals surface area contributed by atoms with Gasteiger partial charge >= 0.3 is 0 Å². The van der Waals surface area contributed by atoms with Gasteiger partial charge in [-0.2, -0.15) is 9.97 Å². The van der Waals surface area contributed by atoms with Crippen LogP contribution in [0.3, 0.4) is 0 Å². The molecular formula is C48H28N4S. The molecule has 5 heteroatoms. The number of para-hydroxylation sites is 1. The molecule has 0 amide bonds. The lowest BCUT2D eigenvalue weighted by atomic mass is 9.62. The van der Waals surface area contributed by atoms with Gasteiger partial charge in [0.2, 0.25) is 5.95 Å². The van der Waals surface area contributed by atoms with Crippen molar-refractivity contribution in [2.75, 3.05) is 0 Å². The molecule has 7 aromatic carbocycles. The average molecular weight is 693 g/mol. The first-order valence-electron chi connectivity index (χ1n) is 17.9. The van der Waals surface area contributed by atoms with Gasteiger partial charge in [0.15, 0.2) is 11.6 Å². The predicted octanol–water partition coefficient (Wildman–Crippen LogP) is 11.9. The summed E-state index contributed by atoms with van der Waals surface area (Å²) in [7, 11) is 0. The van der Waals surface area contributed by atoms with Crippen LogP contribution >= 0.6 is 11.3 Å². The van der Waals surface area contributed by atoms with Crippen molar-refractivity contribution in [1.82, 2.24) is 19.5 Å². The van der Waals surface area contributed by atoms with E-state index in [0.29, 0.717) is 17.6 Å². The van der Waals surface area contributed by atoms with E-state index in [1.807, 2.05) is 47.7 Å². The van der Waals surface area contributed by atoms with E-state index in [0.717, 1.165) is 22.2 Å². The van der Waals surface area contributed by atoms with Crippen molar-refractivity contribution in [1.29, 1.82) is 0 Å². The minimum absolute atomic E-state index is 0.412. The fourth-order valence-electron chi connectivity index (χ4n) is 9.26. The number of aromatic nitrogens is 4. The highest BCUT2D eigenvalue weighted by molar-refractivity contribution is 7.18. The van der Waals surface area contributed by atoms with E-state index in [1.54, 1.807) is 0 Å². The normalized spacial score (nSPS) is 13.4. The Labute approximate surface area is 309 Å². The van der Waals surface area contributed by atoms with Crippen molar-refractivity contribution in [2.24, 2.45) is 0 Å². The molecule has 0 radical (unpaired) electrons. The van der Waals surface area contributed by atoms with Gasteiger partial charge in [0.05, 0.1) is 16.4 Å². The second kappa shape index (κ2) is 10.7. The van der Waals surface area contributed by atoms with Crippen LogP contribution in [0.15, 0.2) is 169 Å². The Bertz CT molecular complexity index is 3020. The number of rotatable bonds is 3. The van der Waals surface area contributed by atoms with Gasteiger partial charge in [-0.15, -0.1) is 11.3 Å². The van der Waals surface area contributed by atoms with Crippen molar-refractivity contribution < 1.29 is 0 Å². The molecule has 2 aliphatic carbocycles. The maximum atomic E-state index is 5.22. The van der Waals surface area contributed by atoms with Crippen LogP contribution in [-0.2, 0) is 5.41 Å². The molecule has 246 valence electrons. The first-order chi connectivity index (χ1) is 26.3. The second-order valence-corrected chi connectivity index (χ2v) is 14.8. The van der Waals surface area contributed by atoms with E-state index in [-0.39, 0.29) is 0 Å². The van der Waals surface area contributed by atoms with Gasteiger partial charge < -0.3 is 0 Å². The van der Waals surface area contributed by atoms with Crippen LogP contribution in [-0.4, -0.2) is 19.5 Å². The lowest BCUT2D eigenvalue weighted by Gasteiger charge is -2.38. The molecule has 12 rings (SSSR count). The second-order valence-electron chi connectivity index (χ2n) is 13.9. The molecule has 4 nitrogen and oxygen atoms in total. The van der Waals surface area contributed by atoms with E-state index in [4.69, 9.17) is 15.0 Å². The number of fused-ring (bicyclic) bond motifs is 13. The van der Waals surface area contributed by atoms with Crippen LogP contribution in [0, 0.1) is 0 Å². The summed E-state index contributed by atoms with van der Waals surface area (Å²) >= 11 is 1.86. The molecule has 0 fully saturated rings. The van der Waals surface area contributed by atoms with Crippen molar-refractivity contribution in [3.63, 3.8) is 0 Å². The van der Waals surface area contributed by atoms with E-state index >= 15 is 0 Å². The summed E-state index contributed by atoms with van der Waals surface area (Å²) in [5, 5.41) is 6.19. The van der Waals surface area contributed by atoms with Crippen molar-refractivity contribution in [3.05, 3.63) is 191 Å². The SMILES string of the molecule is c1ccc(-c2nc(-c3ccccc3)nc(-n3c4ccccc4c4c5scc6c5c(cc43)-c3ccccc3C63c4ccccc4-c4ccccc43)n2)cc1. The van der Waals surface area contributed by atoms with Gasteiger partial charge in [-0.1, -0.05) is 152 Å². The van der Waals surface area contributed by atoms with Crippen LogP contribution in [0.1, 0.15) is 22.3 Å². The van der Waals surface area contributed by atoms with E-state index in [2.05, 4.69) is 137 Å². The van der Waals surface area contributed by atoms with Gasteiger partial charge in [-0.05, 0) is 62.0 Å². The molecule has 2 aliphatic rings. The minimum atomic E-state index is -0.412. The Kier molecular flexibility index (Phi) is 5.83. The van der Waals surface area contributed by atoms with Crippen molar-refractivity contribution >= 4 is 43.2 Å².